The molecule has 2 heteroatoms. The van der Waals surface area contributed by atoms with Crippen LogP contribution in [0.5, 0.6) is 0 Å². The number of hydrogen-bond donors (Lipinski definition) is 0. The molecule has 1 aliphatic rings. The number of hydrogen-bond acceptors (Lipinski definition) is 2. The first kappa shape index (κ1) is 19.0. The topological polar surface area (TPSA) is 6.48 Å². The highest BCUT2D eigenvalue weighted by atomic mass is 15.1. The van der Waals surface area contributed by atoms with Crippen molar-refractivity contribution in [3.8, 4) is 0 Å². The van der Waals surface area contributed by atoms with Crippen molar-refractivity contribution in [2.75, 3.05) is 33.2 Å². The van der Waals surface area contributed by atoms with Gasteiger partial charge in [-0.3, -0.25) is 0 Å². The quantitative estimate of drug-likeness (QED) is 0.542. The smallest absolute Gasteiger partial charge is 0.00356 e. The van der Waals surface area contributed by atoms with E-state index in [1.807, 2.05) is 0 Å². The fourth-order valence-electron chi connectivity index (χ4n) is 3.25. The molecule has 0 amide bonds. The van der Waals surface area contributed by atoms with Crippen LogP contribution in [-0.4, -0.2) is 49.1 Å². The van der Waals surface area contributed by atoms with Crippen molar-refractivity contribution in [1.29, 1.82) is 0 Å². The SMILES string of the molecule is CC(C)CCCCCCN1CCC(CN(C)C(C)C)CC1. The Morgan fingerprint density at radius 3 is 2.14 bits per heavy atom. The molecule has 0 aromatic rings. The van der Waals surface area contributed by atoms with Crippen LogP contribution in [0.15, 0.2) is 0 Å². The molecule has 21 heavy (non-hydrogen) atoms. The van der Waals surface area contributed by atoms with E-state index in [1.165, 1.54) is 71.1 Å². The monoisotopic (exact) mass is 296 g/mol. The van der Waals surface area contributed by atoms with E-state index in [9.17, 15) is 0 Å². The summed E-state index contributed by atoms with van der Waals surface area (Å²) in [4.78, 5) is 5.21. The highest BCUT2D eigenvalue weighted by Gasteiger charge is 2.20. The number of nitrogens with zero attached hydrogens (tertiary/aromatic N) is 2. The van der Waals surface area contributed by atoms with Crippen LogP contribution in [0.4, 0.5) is 0 Å². The Labute approximate surface area is 134 Å². The van der Waals surface area contributed by atoms with Gasteiger partial charge in [0.1, 0.15) is 0 Å². The second-order valence-corrected chi connectivity index (χ2v) is 7.92. The Kier molecular flexibility index (Phi) is 9.59. The molecule has 1 heterocycles. The van der Waals surface area contributed by atoms with Crippen LogP contribution in [0.1, 0.15) is 72.6 Å². The predicted molar refractivity (Wildman–Crippen MR) is 94.9 cm³/mol. The van der Waals surface area contributed by atoms with E-state index < -0.39 is 0 Å². The second kappa shape index (κ2) is 10.6. The predicted octanol–water partition coefficient (Wildman–Crippen LogP) is 4.65. The molecule has 0 aromatic carbocycles. The van der Waals surface area contributed by atoms with Gasteiger partial charge in [0.05, 0.1) is 0 Å². The molecule has 0 unspecified atom stereocenters. The Balaban J connectivity index is 2.00. The standard InChI is InChI=1S/C19H40N2/c1-17(2)10-8-6-7-9-13-21-14-11-19(12-15-21)16-20(5)18(3)4/h17-19H,6-16H2,1-5H3. The van der Waals surface area contributed by atoms with Gasteiger partial charge in [-0.1, -0.05) is 39.5 Å². The number of likely N-dealkylation sites (tertiary alicyclic amines) is 1. The largest absolute Gasteiger partial charge is 0.304 e. The number of unbranched alkanes of at least 4 members (excludes halogenated alkanes) is 3. The van der Waals surface area contributed by atoms with Gasteiger partial charge >= 0.3 is 0 Å². The number of piperidine rings is 1. The summed E-state index contributed by atoms with van der Waals surface area (Å²) in [5, 5.41) is 0. The minimum Gasteiger partial charge on any atom is -0.304 e. The van der Waals surface area contributed by atoms with Crippen LogP contribution in [0.3, 0.4) is 0 Å². The molecule has 0 saturated carbocycles. The average Bonchev–Trinajstić information content (AvgIpc) is 2.44. The molecule has 0 spiro atoms. The van der Waals surface area contributed by atoms with Gasteiger partial charge in [0.15, 0.2) is 0 Å². The van der Waals surface area contributed by atoms with Gasteiger partial charge in [0.2, 0.25) is 0 Å². The molecule has 1 rings (SSSR count). The van der Waals surface area contributed by atoms with Crippen molar-refractivity contribution in [3.05, 3.63) is 0 Å². The lowest BCUT2D eigenvalue weighted by atomic mass is 9.95. The first-order chi connectivity index (χ1) is 9.99. The molecule has 1 saturated heterocycles. The third-order valence-electron chi connectivity index (χ3n) is 5.14. The molecule has 1 aliphatic heterocycles. The van der Waals surface area contributed by atoms with Crippen molar-refractivity contribution in [3.63, 3.8) is 0 Å². The fraction of sp³-hybridized carbons (Fsp3) is 1.00. The molecule has 0 aromatic heterocycles. The Morgan fingerprint density at radius 1 is 0.952 bits per heavy atom. The molecule has 2 nitrogen and oxygen atoms in total. The molecular weight excluding hydrogens is 256 g/mol. The van der Waals surface area contributed by atoms with E-state index in [1.54, 1.807) is 0 Å². The molecule has 1 fully saturated rings. The molecule has 0 bridgehead atoms. The fourth-order valence-corrected chi connectivity index (χ4v) is 3.25. The second-order valence-electron chi connectivity index (χ2n) is 7.92. The van der Waals surface area contributed by atoms with E-state index in [0.717, 1.165) is 11.8 Å². The van der Waals surface area contributed by atoms with E-state index in [4.69, 9.17) is 0 Å². The molecule has 0 aliphatic carbocycles. The summed E-state index contributed by atoms with van der Waals surface area (Å²) in [6.07, 6.45) is 9.94. The summed E-state index contributed by atoms with van der Waals surface area (Å²) < 4.78 is 0. The minimum absolute atomic E-state index is 0.689. The van der Waals surface area contributed by atoms with Gasteiger partial charge < -0.3 is 9.80 Å². The van der Waals surface area contributed by atoms with E-state index >= 15 is 0 Å². The summed E-state index contributed by atoms with van der Waals surface area (Å²) in [5.74, 6) is 1.81. The molecular formula is C19H40N2. The van der Waals surface area contributed by atoms with Gasteiger partial charge in [-0.2, -0.15) is 0 Å². The maximum absolute atomic E-state index is 2.70. The van der Waals surface area contributed by atoms with E-state index in [2.05, 4.69) is 44.5 Å². The zero-order valence-corrected chi connectivity index (χ0v) is 15.4. The van der Waals surface area contributed by atoms with Crippen molar-refractivity contribution in [2.45, 2.75) is 78.7 Å². The van der Waals surface area contributed by atoms with Crippen LogP contribution >= 0.6 is 0 Å². The summed E-state index contributed by atoms with van der Waals surface area (Å²) in [7, 11) is 2.27. The summed E-state index contributed by atoms with van der Waals surface area (Å²) in [6, 6.07) is 0.689. The first-order valence-corrected chi connectivity index (χ1v) is 9.41. The lowest BCUT2D eigenvalue weighted by molar-refractivity contribution is 0.141. The van der Waals surface area contributed by atoms with Crippen LogP contribution in [-0.2, 0) is 0 Å². The zero-order chi connectivity index (χ0) is 15.7. The summed E-state index contributed by atoms with van der Waals surface area (Å²) in [5.41, 5.74) is 0. The van der Waals surface area contributed by atoms with E-state index in [-0.39, 0.29) is 0 Å². The van der Waals surface area contributed by atoms with Gasteiger partial charge in [-0.25, -0.2) is 0 Å². The molecule has 126 valence electrons. The van der Waals surface area contributed by atoms with Gasteiger partial charge in [-0.05, 0) is 71.6 Å². The lowest BCUT2D eigenvalue weighted by Gasteiger charge is -2.35. The normalized spacial score (nSPS) is 18.3. The van der Waals surface area contributed by atoms with Gasteiger partial charge in [-0.15, -0.1) is 0 Å². The first-order valence-electron chi connectivity index (χ1n) is 9.41. The van der Waals surface area contributed by atoms with Crippen LogP contribution in [0.25, 0.3) is 0 Å². The van der Waals surface area contributed by atoms with E-state index in [0.29, 0.717) is 6.04 Å². The molecule has 0 N–H and O–H groups in total. The number of rotatable bonds is 10. The summed E-state index contributed by atoms with van der Waals surface area (Å²) >= 11 is 0. The highest BCUT2D eigenvalue weighted by molar-refractivity contribution is 4.75. The van der Waals surface area contributed by atoms with Crippen LogP contribution in [0.2, 0.25) is 0 Å². The highest BCUT2D eigenvalue weighted by Crippen LogP contribution is 2.19. The molecule has 0 radical (unpaired) electrons. The zero-order valence-electron chi connectivity index (χ0n) is 15.4. The van der Waals surface area contributed by atoms with Crippen LogP contribution < -0.4 is 0 Å². The maximum atomic E-state index is 2.70. The van der Waals surface area contributed by atoms with Crippen molar-refractivity contribution in [2.24, 2.45) is 11.8 Å². The van der Waals surface area contributed by atoms with Crippen LogP contribution in [0, 0.1) is 11.8 Å². The average molecular weight is 297 g/mol. The van der Waals surface area contributed by atoms with Crippen molar-refractivity contribution in [1.82, 2.24) is 9.80 Å². The minimum atomic E-state index is 0.689. The third-order valence-corrected chi connectivity index (χ3v) is 5.14. The van der Waals surface area contributed by atoms with Gasteiger partial charge in [0.25, 0.3) is 0 Å². The third kappa shape index (κ3) is 8.83. The Hall–Kier alpha value is -0.0800. The van der Waals surface area contributed by atoms with Crippen molar-refractivity contribution >= 4 is 0 Å². The molecule has 0 atom stereocenters. The summed E-state index contributed by atoms with van der Waals surface area (Å²) in [6.45, 7) is 14.6. The van der Waals surface area contributed by atoms with Gasteiger partial charge in [0, 0.05) is 12.6 Å². The Morgan fingerprint density at radius 2 is 1.57 bits per heavy atom. The Bertz CT molecular complexity index is 242. The lowest BCUT2D eigenvalue weighted by Crippen LogP contribution is -2.39. The van der Waals surface area contributed by atoms with Crippen molar-refractivity contribution < 1.29 is 0 Å². The maximum Gasteiger partial charge on any atom is 0.00356 e.